The Morgan fingerprint density at radius 1 is 0.297 bits per heavy atom. The van der Waals surface area contributed by atoms with E-state index in [0.717, 1.165) is 55.9 Å². The molecule has 0 fully saturated rings. The van der Waals surface area contributed by atoms with Crippen LogP contribution in [0.1, 0.15) is 27.7 Å². The van der Waals surface area contributed by atoms with Crippen molar-refractivity contribution in [2.45, 2.75) is 5.41 Å². The second kappa shape index (κ2) is 16.7. The summed E-state index contributed by atoms with van der Waals surface area (Å²) in [5.41, 5.74) is 18.4. The molecule has 0 saturated heterocycles. The molecular weight excluding hydrogens is 895 g/mol. The molecule has 1 heterocycles. The van der Waals surface area contributed by atoms with E-state index >= 15 is 0 Å². The van der Waals surface area contributed by atoms with Crippen molar-refractivity contribution in [3.63, 3.8) is 0 Å². The number of nitrogens with zero attached hydrogens (tertiary/aromatic N) is 3. The van der Waals surface area contributed by atoms with Crippen LogP contribution in [0, 0.1) is 0 Å². The van der Waals surface area contributed by atoms with E-state index in [1.165, 1.54) is 55.3 Å². The predicted octanol–water partition coefficient (Wildman–Crippen LogP) is 18.9. The van der Waals surface area contributed by atoms with Crippen LogP contribution in [0.15, 0.2) is 285 Å². The lowest BCUT2D eigenvalue weighted by Gasteiger charge is -2.32. The number of hydrogen-bond donors (Lipinski definition) is 0. The summed E-state index contributed by atoms with van der Waals surface area (Å²) in [4.78, 5) is 4.19. The third kappa shape index (κ3) is 6.33. The molecule has 0 unspecified atom stereocenters. The molecule has 0 amide bonds. The molecule has 74 heavy (non-hydrogen) atoms. The Morgan fingerprint density at radius 3 is 1.43 bits per heavy atom. The van der Waals surface area contributed by atoms with Crippen molar-refractivity contribution in [1.29, 1.82) is 0 Å². The van der Waals surface area contributed by atoms with Crippen LogP contribution >= 0.6 is 0 Å². The Hall–Kier alpha value is -9.70. The lowest BCUT2D eigenvalue weighted by molar-refractivity contribution is 0.793. The van der Waals surface area contributed by atoms with Gasteiger partial charge >= 0.3 is 0 Å². The van der Waals surface area contributed by atoms with Crippen LogP contribution in [0.4, 0.5) is 34.1 Å². The molecular formula is C71H47N3. The van der Waals surface area contributed by atoms with E-state index in [2.05, 4.69) is 191 Å². The third-order valence-corrected chi connectivity index (χ3v) is 15.4. The Bertz CT molecular complexity index is 4440. The molecule has 0 radical (unpaired) electrons. The number of rotatable bonds is 8. The summed E-state index contributed by atoms with van der Waals surface area (Å²) in [5.74, 6) is 0. The fourth-order valence-electron chi connectivity index (χ4n) is 12.3. The first-order valence-corrected chi connectivity index (χ1v) is 25.3. The minimum Gasteiger partial charge on any atom is -0.311 e. The molecule has 0 saturated carbocycles. The van der Waals surface area contributed by atoms with E-state index in [4.69, 9.17) is 0 Å². The van der Waals surface area contributed by atoms with Gasteiger partial charge in [-0.15, -0.1) is 0 Å². The van der Waals surface area contributed by atoms with Gasteiger partial charge in [-0.25, -0.2) is 0 Å². The third-order valence-electron chi connectivity index (χ3n) is 15.4. The van der Waals surface area contributed by atoms with Crippen LogP contribution in [-0.2, 0) is 5.41 Å². The van der Waals surface area contributed by atoms with Crippen LogP contribution in [0.2, 0.25) is 0 Å². The molecule has 15 rings (SSSR count). The van der Waals surface area contributed by atoms with Gasteiger partial charge in [0.05, 0.1) is 21.9 Å². The topological polar surface area (TPSA) is 11.4 Å². The van der Waals surface area contributed by atoms with Crippen LogP contribution in [0.5, 0.6) is 0 Å². The predicted molar refractivity (Wildman–Crippen MR) is 309 cm³/mol. The Morgan fingerprint density at radius 2 is 0.770 bits per heavy atom. The zero-order valence-electron chi connectivity index (χ0n) is 44.2. The highest BCUT2D eigenvalue weighted by Crippen LogP contribution is 2.63. The van der Waals surface area contributed by atoms with Gasteiger partial charge < -0.3 is 14.4 Å². The summed E-state index contributed by atoms with van der Waals surface area (Å²) in [6, 6.07) is 91.1. The van der Waals surface area contributed by atoms with Crippen molar-refractivity contribution in [2.24, 2.45) is 0 Å². The molecule has 0 N–H and O–H groups in total. The van der Waals surface area contributed by atoms with Crippen molar-refractivity contribution >= 4 is 66.7 Å². The minimum absolute atomic E-state index is 0.0997. The summed E-state index contributed by atoms with van der Waals surface area (Å²) in [7, 11) is 0. The molecule has 12 aromatic carbocycles. The van der Waals surface area contributed by atoms with Gasteiger partial charge in [-0.1, -0.05) is 188 Å². The number of para-hydroxylation sites is 4. The van der Waals surface area contributed by atoms with Crippen LogP contribution < -0.4 is 9.80 Å². The van der Waals surface area contributed by atoms with E-state index in [0.29, 0.717) is 5.56 Å². The molecule has 13 aromatic rings. The molecule has 0 bridgehead atoms. The van der Waals surface area contributed by atoms with Crippen molar-refractivity contribution in [3.8, 4) is 39.1 Å². The van der Waals surface area contributed by atoms with E-state index in [-0.39, 0.29) is 35.4 Å². The Balaban J connectivity index is 0.917. The second-order valence-electron chi connectivity index (χ2n) is 19.3. The van der Waals surface area contributed by atoms with Gasteiger partial charge in [-0.2, -0.15) is 0 Å². The standard InChI is InChI=1S/C71H47N3/c1-4-18-52(19-5-1)72(53-20-6-2-7-21-53)55-37-34-48(35-38-55)49-32-33-51-45-56(39-36-50(51)44-49)73(58-41-43-64-63-27-13-17-31-69(63)74(70(64)47-58)54-22-8-3-9-23-54)57-40-42-62-61-26-12-16-30-67(61)71(68(62)46-57)65-28-14-10-24-59(65)60-25-11-15-29-66(60)71/h1-47H/i34D,35D,37D,38D. The number of fused-ring (bicyclic) bond motifs is 14. The molecule has 3 nitrogen and oxygen atoms in total. The maximum Gasteiger partial charge on any atom is 0.0726 e. The molecule has 1 aromatic heterocycles. The smallest absolute Gasteiger partial charge is 0.0726 e. The van der Waals surface area contributed by atoms with Crippen molar-refractivity contribution in [2.75, 3.05) is 9.80 Å². The first kappa shape index (κ1) is 38.0. The molecule has 1 spiro atoms. The van der Waals surface area contributed by atoms with Crippen LogP contribution in [0.3, 0.4) is 0 Å². The highest BCUT2D eigenvalue weighted by Gasteiger charge is 2.51. The van der Waals surface area contributed by atoms with E-state index in [1.807, 2.05) is 83.8 Å². The molecule has 2 aliphatic rings. The first-order chi connectivity index (χ1) is 38.4. The average Bonchev–Trinajstić information content (AvgIpc) is 4.31. The van der Waals surface area contributed by atoms with Gasteiger partial charge in [0.25, 0.3) is 0 Å². The minimum atomic E-state index is -0.533. The summed E-state index contributed by atoms with van der Waals surface area (Å²) in [5, 5.41) is 4.24. The maximum atomic E-state index is 9.49. The van der Waals surface area contributed by atoms with Gasteiger partial charge in [0.15, 0.2) is 0 Å². The summed E-state index contributed by atoms with van der Waals surface area (Å²) in [6.07, 6.45) is 0. The fraction of sp³-hybridized carbons (Fsp3) is 0.0141. The second-order valence-corrected chi connectivity index (χ2v) is 19.3. The number of aromatic nitrogens is 1. The van der Waals surface area contributed by atoms with Crippen molar-refractivity contribution in [1.82, 2.24) is 4.57 Å². The lowest BCUT2D eigenvalue weighted by atomic mass is 9.70. The van der Waals surface area contributed by atoms with Crippen molar-refractivity contribution < 1.29 is 5.48 Å². The average molecular weight is 946 g/mol. The monoisotopic (exact) mass is 945 g/mol. The number of benzene rings is 12. The van der Waals surface area contributed by atoms with E-state index in [9.17, 15) is 5.48 Å². The highest BCUT2D eigenvalue weighted by atomic mass is 15.1. The van der Waals surface area contributed by atoms with Gasteiger partial charge in [0.1, 0.15) is 0 Å². The maximum absolute atomic E-state index is 9.49. The Kier molecular flexibility index (Phi) is 8.58. The molecule has 0 aliphatic heterocycles. The normalized spacial score (nSPS) is 13.5. The molecule has 0 atom stereocenters. The SMILES string of the molecule is [2H]c1c([2H])c(N(c2ccccc2)c2ccccc2)c([2H])c([2H])c1-c1ccc2cc(N(c3ccc4c(c3)C3(c5ccccc5-c5ccccc53)c3ccccc3-4)c3ccc4c5ccccc5n(-c5ccccc5)c4c3)ccc2c1. The van der Waals surface area contributed by atoms with Gasteiger partial charge in [-0.05, 0) is 163 Å². The first-order valence-electron chi connectivity index (χ1n) is 27.3. The number of hydrogen-bond acceptors (Lipinski definition) is 2. The quantitative estimate of drug-likeness (QED) is 0.150. The molecule has 346 valence electrons. The summed E-state index contributed by atoms with van der Waals surface area (Å²) < 4.78 is 40.3. The van der Waals surface area contributed by atoms with Gasteiger partial charge in [-0.3, -0.25) is 0 Å². The molecule has 2 aliphatic carbocycles. The van der Waals surface area contributed by atoms with Crippen LogP contribution in [-0.4, -0.2) is 4.57 Å². The van der Waals surface area contributed by atoms with Crippen LogP contribution in [0.25, 0.3) is 71.6 Å². The largest absolute Gasteiger partial charge is 0.311 e. The zero-order chi connectivity index (χ0) is 52.2. The van der Waals surface area contributed by atoms with Gasteiger partial charge in [0, 0.05) is 50.6 Å². The van der Waals surface area contributed by atoms with Gasteiger partial charge in [0.2, 0.25) is 0 Å². The Labute approximate surface area is 436 Å². The number of anilines is 6. The fourth-order valence-corrected chi connectivity index (χ4v) is 12.3. The van der Waals surface area contributed by atoms with Crippen molar-refractivity contribution in [3.05, 3.63) is 307 Å². The summed E-state index contributed by atoms with van der Waals surface area (Å²) >= 11 is 0. The zero-order valence-corrected chi connectivity index (χ0v) is 40.2. The van der Waals surface area contributed by atoms with E-state index in [1.54, 1.807) is 0 Å². The molecule has 3 heteroatoms. The van der Waals surface area contributed by atoms with E-state index < -0.39 is 5.41 Å². The lowest BCUT2D eigenvalue weighted by Crippen LogP contribution is -2.26. The summed E-state index contributed by atoms with van der Waals surface area (Å²) in [6.45, 7) is 0. The highest BCUT2D eigenvalue weighted by molar-refractivity contribution is 6.10.